The number of nitrogens with one attached hydrogen (secondary N) is 2. The molecule has 1 saturated heterocycles. The number of hydrogen-bond acceptors (Lipinski definition) is 5. The molecule has 8 nitrogen and oxygen atoms in total. The molecule has 2 aliphatic rings. The van der Waals surface area contributed by atoms with Gasteiger partial charge in [-0.2, -0.15) is 8.78 Å². The van der Waals surface area contributed by atoms with Gasteiger partial charge in [-0.3, -0.25) is 19.8 Å². The molecule has 2 unspecified atom stereocenters. The second-order valence-corrected chi connectivity index (χ2v) is 8.23. The van der Waals surface area contributed by atoms with Gasteiger partial charge in [0.2, 0.25) is 11.8 Å². The number of hydrazine groups is 1. The highest BCUT2D eigenvalue weighted by atomic mass is 19.3. The van der Waals surface area contributed by atoms with Gasteiger partial charge in [0.1, 0.15) is 0 Å². The Morgan fingerprint density at radius 2 is 1.89 bits per heavy atom. The largest absolute Gasteiger partial charge is 0.493 e. The molecule has 4 rings (SSSR count). The van der Waals surface area contributed by atoms with Gasteiger partial charge in [-0.1, -0.05) is 24.3 Å². The van der Waals surface area contributed by atoms with E-state index in [9.17, 15) is 23.2 Å². The van der Waals surface area contributed by atoms with E-state index in [-0.39, 0.29) is 41.7 Å². The molecule has 35 heavy (non-hydrogen) atoms. The second kappa shape index (κ2) is 10.5. The maximum absolute atomic E-state index is 13.0. The molecule has 2 aromatic rings. The number of methoxy groups -OCH3 is 1. The maximum atomic E-state index is 13.0. The molecule has 3 amide bonds. The first-order chi connectivity index (χ1) is 16.9. The summed E-state index contributed by atoms with van der Waals surface area (Å²) in [7, 11) is 1.36. The smallest absolute Gasteiger partial charge is 0.387 e. The lowest BCUT2D eigenvalue weighted by Crippen LogP contribution is -2.59. The molecular formula is C25H25F2N3O5. The van der Waals surface area contributed by atoms with Crippen LogP contribution in [0.4, 0.5) is 14.5 Å². The molecule has 184 valence electrons. The van der Waals surface area contributed by atoms with Crippen LogP contribution in [0.2, 0.25) is 0 Å². The number of nitrogens with zero attached hydrogens (tertiary/aromatic N) is 1. The van der Waals surface area contributed by atoms with Crippen LogP contribution < -0.4 is 25.2 Å². The predicted molar refractivity (Wildman–Crippen MR) is 123 cm³/mol. The van der Waals surface area contributed by atoms with E-state index in [1.165, 1.54) is 30.3 Å². The van der Waals surface area contributed by atoms with E-state index in [0.29, 0.717) is 36.1 Å². The number of carbonyl (C=O) groups excluding carboxylic acids is 3. The van der Waals surface area contributed by atoms with E-state index in [2.05, 4.69) is 15.5 Å². The van der Waals surface area contributed by atoms with Gasteiger partial charge in [0.15, 0.2) is 11.5 Å². The molecule has 2 aromatic carbocycles. The molecule has 2 N–H and O–H groups in total. The molecule has 0 spiro atoms. The number of anilines is 1. The summed E-state index contributed by atoms with van der Waals surface area (Å²) in [5.41, 5.74) is 4.03. The third kappa shape index (κ3) is 5.42. The molecule has 2 atom stereocenters. The van der Waals surface area contributed by atoms with Crippen LogP contribution in [0, 0.1) is 11.8 Å². The van der Waals surface area contributed by atoms with E-state index in [4.69, 9.17) is 4.74 Å². The minimum Gasteiger partial charge on any atom is -0.493 e. The highest BCUT2D eigenvalue weighted by Gasteiger charge is 2.42. The van der Waals surface area contributed by atoms with Crippen LogP contribution in [-0.2, 0) is 16.0 Å². The summed E-state index contributed by atoms with van der Waals surface area (Å²) in [6.45, 7) is -2.75. The Hall–Kier alpha value is -3.95. The van der Waals surface area contributed by atoms with E-state index in [0.717, 1.165) is 0 Å². The fourth-order valence-corrected chi connectivity index (χ4v) is 4.26. The van der Waals surface area contributed by atoms with Crippen molar-refractivity contribution in [3.8, 4) is 11.5 Å². The Bertz CT molecular complexity index is 1150. The van der Waals surface area contributed by atoms with Crippen molar-refractivity contribution in [3.05, 3.63) is 65.7 Å². The van der Waals surface area contributed by atoms with Crippen molar-refractivity contribution in [2.24, 2.45) is 11.8 Å². The molecule has 1 aliphatic heterocycles. The number of amides is 3. The third-order valence-electron chi connectivity index (χ3n) is 6.04. The summed E-state index contributed by atoms with van der Waals surface area (Å²) in [4.78, 5) is 38.2. The van der Waals surface area contributed by atoms with Crippen LogP contribution >= 0.6 is 0 Å². The number of allylic oxidation sites excluding steroid dienone is 2. The van der Waals surface area contributed by atoms with Crippen molar-refractivity contribution in [2.45, 2.75) is 25.9 Å². The molecule has 10 heteroatoms. The highest BCUT2D eigenvalue weighted by molar-refractivity contribution is 6.05. The van der Waals surface area contributed by atoms with Gasteiger partial charge in [-0.05, 0) is 55.2 Å². The highest BCUT2D eigenvalue weighted by Crippen LogP contribution is 2.32. The number of alkyl halides is 2. The summed E-state index contributed by atoms with van der Waals surface area (Å²) >= 11 is 0. The van der Waals surface area contributed by atoms with Crippen molar-refractivity contribution < 1.29 is 32.6 Å². The van der Waals surface area contributed by atoms with Crippen LogP contribution in [0.25, 0.3) is 0 Å². The van der Waals surface area contributed by atoms with Crippen LogP contribution in [0.5, 0.6) is 11.5 Å². The fraction of sp³-hybridized carbons (Fsp3) is 0.320. The first-order valence-corrected chi connectivity index (χ1v) is 11.2. The van der Waals surface area contributed by atoms with Gasteiger partial charge in [-0.15, -0.1) is 0 Å². The van der Waals surface area contributed by atoms with Gasteiger partial charge in [0, 0.05) is 12.1 Å². The average molecular weight is 485 g/mol. The quantitative estimate of drug-likeness (QED) is 0.560. The number of fused-ring (bicyclic) bond motifs is 1. The van der Waals surface area contributed by atoms with Crippen molar-refractivity contribution in [1.82, 2.24) is 10.7 Å². The number of hydrogen-bond donors (Lipinski definition) is 2. The Morgan fingerprint density at radius 3 is 2.63 bits per heavy atom. The average Bonchev–Trinajstić information content (AvgIpc) is 2.86. The minimum absolute atomic E-state index is 0.0806. The summed E-state index contributed by atoms with van der Waals surface area (Å²) < 4.78 is 34.7. The first-order valence-electron chi connectivity index (χ1n) is 11.2. The van der Waals surface area contributed by atoms with Crippen molar-refractivity contribution in [1.29, 1.82) is 0 Å². The van der Waals surface area contributed by atoms with Crippen LogP contribution in [0.3, 0.4) is 0 Å². The predicted octanol–water partition coefficient (Wildman–Crippen LogP) is 3.23. The van der Waals surface area contributed by atoms with Gasteiger partial charge in [0.25, 0.3) is 5.91 Å². The van der Waals surface area contributed by atoms with E-state index in [1.807, 2.05) is 12.2 Å². The summed E-state index contributed by atoms with van der Waals surface area (Å²) in [6, 6.07) is 11.1. The molecule has 0 bridgehead atoms. The number of benzene rings is 2. The topological polar surface area (TPSA) is 97.0 Å². The SMILES string of the molecule is COc1ccc(CCNC(=O)c2cccc(N3NC(=O)C4CC=CCC4C3=O)c2)cc1OC(F)F. The number of carbonyl (C=O) groups is 3. The zero-order chi connectivity index (χ0) is 24.9. The third-order valence-corrected chi connectivity index (χ3v) is 6.04. The fourth-order valence-electron chi connectivity index (χ4n) is 4.26. The zero-order valence-electron chi connectivity index (χ0n) is 19.0. The Kier molecular flexibility index (Phi) is 7.28. The molecule has 1 aliphatic carbocycles. The van der Waals surface area contributed by atoms with Crippen LogP contribution in [-0.4, -0.2) is 38.0 Å². The molecule has 0 radical (unpaired) electrons. The van der Waals surface area contributed by atoms with Crippen LogP contribution in [0.1, 0.15) is 28.8 Å². The molecule has 1 fully saturated rings. The summed E-state index contributed by atoms with van der Waals surface area (Å²) in [5.74, 6) is -1.50. The van der Waals surface area contributed by atoms with Gasteiger partial charge < -0.3 is 14.8 Å². The van der Waals surface area contributed by atoms with Crippen molar-refractivity contribution in [3.63, 3.8) is 0 Å². The lowest BCUT2D eigenvalue weighted by Gasteiger charge is -2.38. The van der Waals surface area contributed by atoms with Crippen LogP contribution in [0.15, 0.2) is 54.6 Å². The zero-order valence-corrected chi connectivity index (χ0v) is 19.0. The van der Waals surface area contributed by atoms with Crippen molar-refractivity contribution in [2.75, 3.05) is 18.7 Å². The van der Waals surface area contributed by atoms with E-state index in [1.54, 1.807) is 24.3 Å². The Morgan fingerprint density at radius 1 is 1.11 bits per heavy atom. The first kappa shape index (κ1) is 24.2. The van der Waals surface area contributed by atoms with Gasteiger partial charge in [-0.25, -0.2) is 5.01 Å². The number of ether oxygens (including phenoxy) is 2. The molecular weight excluding hydrogens is 460 g/mol. The number of rotatable bonds is 8. The normalized spacial score (nSPS) is 19.3. The minimum atomic E-state index is -2.98. The Balaban J connectivity index is 1.39. The lowest BCUT2D eigenvalue weighted by molar-refractivity contribution is -0.139. The van der Waals surface area contributed by atoms with Gasteiger partial charge in [0.05, 0.1) is 24.6 Å². The second-order valence-electron chi connectivity index (χ2n) is 8.23. The monoisotopic (exact) mass is 485 g/mol. The van der Waals surface area contributed by atoms with E-state index < -0.39 is 12.5 Å². The lowest BCUT2D eigenvalue weighted by atomic mass is 9.80. The Labute approximate surface area is 200 Å². The molecule has 0 saturated carbocycles. The molecule has 1 heterocycles. The van der Waals surface area contributed by atoms with Crippen molar-refractivity contribution >= 4 is 23.4 Å². The standard InChI is InChI=1S/C25H25F2N3O5/c1-34-20-10-9-15(13-21(20)35-25(26)27)11-12-28-22(31)16-5-4-6-17(14-16)30-24(33)19-8-3-2-7-18(19)23(32)29-30/h2-6,9-10,13-14,18-19,25H,7-8,11-12H2,1H3,(H,28,31)(H,29,32). The van der Waals surface area contributed by atoms with E-state index >= 15 is 0 Å². The maximum Gasteiger partial charge on any atom is 0.387 e. The summed E-state index contributed by atoms with van der Waals surface area (Å²) in [6.07, 6.45) is 5.22. The van der Waals surface area contributed by atoms with Gasteiger partial charge >= 0.3 is 6.61 Å². The number of halogens is 2. The summed E-state index contributed by atoms with van der Waals surface area (Å²) in [5, 5.41) is 3.98. The molecule has 0 aromatic heterocycles.